The highest BCUT2D eigenvalue weighted by atomic mass is 16.5. The van der Waals surface area contributed by atoms with Gasteiger partial charge in [0.1, 0.15) is 0 Å². The van der Waals surface area contributed by atoms with Gasteiger partial charge >= 0.3 is 5.97 Å². The molecule has 6 heteroatoms. The van der Waals surface area contributed by atoms with E-state index in [0.717, 1.165) is 5.56 Å². The number of esters is 1. The van der Waals surface area contributed by atoms with Crippen LogP contribution in [0.4, 0.5) is 11.4 Å². The topological polar surface area (TPSA) is 84.5 Å². The smallest absolute Gasteiger partial charge is 0.306 e. The van der Waals surface area contributed by atoms with E-state index in [9.17, 15) is 14.4 Å². The van der Waals surface area contributed by atoms with Crippen LogP contribution in [0.15, 0.2) is 18.2 Å². The molecule has 0 aromatic heterocycles. The molecule has 0 radical (unpaired) electrons. The summed E-state index contributed by atoms with van der Waals surface area (Å²) < 4.78 is 4.78. The number of ether oxygens (including phenoxy) is 1. The third-order valence-electron chi connectivity index (χ3n) is 3.06. The largest absolute Gasteiger partial charge is 0.466 e. The van der Waals surface area contributed by atoms with Gasteiger partial charge in [-0.15, -0.1) is 0 Å². The first-order chi connectivity index (χ1) is 10.5. The van der Waals surface area contributed by atoms with Crippen molar-refractivity contribution in [2.45, 2.75) is 40.0 Å². The van der Waals surface area contributed by atoms with Crippen LogP contribution in [0, 0.1) is 6.92 Å². The van der Waals surface area contributed by atoms with E-state index in [2.05, 4.69) is 10.6 Å². The zero-order valence-electron chi connectivity index (χ0n) is 13.2. The first kappa shape index (κ1) is 17.7. The summed E-state index contributed by atoms with van der Waals surface area (Å²) in [6.45, 7) is 5.61. The second-order valence-corrected chi connectivity index (χ2v) is 4.73. The number of benzene rings is 1. The molecule has 0 saturated carbocycles. The Morgan fingerprint density at radius 2 is 1.59 bits per heavy atom. The average Bonchev–Trinajstić information content (AvgIpc) is 2.49. The van der Waals surface area contributed by atoms with Gasteiger partial charge in [0.15, 0.2) is 0 Å². The molecule has 0 aliphatic carbocycles. The van der Waals surface area contributed by atoms with E-state index in [1.807, 2.05) is 6.92 Å². The quantitative estimate of drug-likeness (QED) is 0.758. The normalized spacial score (nSPS) is 9.95. The maximum atomic E-state index is 11.9. The number of hydrogen-bond acceptors (Lipinski definition) is 4. The van der Waals surface area contributed by atoms with Crippen LogP contribution < -0.4 is 10.6 Å². The number of anilines is 2. The van der Waals surface area contributed by atoms with Crippen LogP contribution in [-0.4, -0.2) is 24.4 Å². The second kappa shape index (κ2) is 8.81. The van der Waals surface area contributed by atoms with Crippen molar-refractivity contribution in [1.29, 1.82) is 0 Å². The summed E-state index contributed by atoms with van der Waals surface area (Å²) in [5.41, 5.74) is 2.05. The van der Waals surface area contributed by atoms with Crippen LogP contribution in [0.5, 0.6) is 0 Å². The highest BCUT2D eigenvalue weighted by molar-refractivity contribution is 5.96. The lowest BCUT2D eigenvalue weighted by Crippen LogP contribution is -2.16. The molecule has 6 nitrogen and oxygen atoms in total. The van der Waals surface area contributed by atoms with Gasteiger partial charge in [-0.2, -0.15) is 0 Å². The zero-order chi connectivity index (χ0) is 16.5. The Kier molecular flexibility index (Phi) is 7.08. The van der Waals surface area contributed by atoms with Crippen LogP contribution in [0.1, 0.15) is 38.7 Å². The molecular weight excluding hydrogens is 284 g/mol. The van der Waals surface area contributed by atoms with Gasteiger partial charge in [-0.1, -0.05) is 13.0 Å². The highest BCUT2D eigenvalue weighted by Crippen LogP contribution is 2.23. The van der Waals surface area contributed by atoms with Gasteiger partial charge in [0.2, 0.25) is 11.8 Å². The van der Waals surface area contributed by atoms with Crippen molar-refractivity contribution in [3.05, 3.63) is 23.8 Å². The van der Waals surface area contributed by atoms with Crippen molar-refractivity contribution in [2.24, 2.45) is 0 Å². The van der Waals surface area contributed by atoms with Gasteiger partial charge in [-0.25, -0.2) is 0 Å². The lowest BCUT2D eigenvalue weighted by molar-refractivity contribution is -0.144. The Morgan fingerprint density at radius 3 is 2.14 bits per heavy atom. The van der Waals surface area contributed by atoms with E-state index in [0.29, 0.717) is 24.4 Å². The molecule has 1 aromatic rings. The summed E-state index contributed by atoms with van der Waals surface area (Å²) in [5.74, 6) is -0.748. The molecule has 0 fully saturated rings. The van der Waals surface area contributed by atoms with E-state index in [1.54, 1.807) is 32.0 Å². The SMILES string of the molecule is CCOC(=O)CCC(=O)Nc1cccc(NC(=O)CC)c1C. The third-order valence-corrected chi connectivity index (χ3v) is 3.06. The fourth-order valence-electron chi connectivity index (χ4n) is 1.81. The summed E-state index contributed by atoms with van der Waals surface area (Å²) in [5, 5.41) is 5.52. The molecule has 1 rings (SSSR count). The molecule has 0 aliphatic rings. The van der Waals surface area contributed by atoms with Crippen molar-refractivity contribution in [1.82, 2.24) is 0 Å². The van der Waals surface area contributed by atoms with E-state index in [1.165, 1.54) is 0 Å². The van der Waals surface area contributed by atoms with Gasteiger partial charge in [0.05, 0.1) is 13.0 Å². The Balaban J connectivity index is 2.65. The number of nitrogens with one attached hydrogen (secondary N) is 2. The fourth-order valence-corrected chi connectivity index (χ4v) is 1.81. The highest BCUT2D eigenvalue weighted by Gasteiger charge is 2.11. The van der Waals surface area contributed by atoms with Crippen molar-refractivity contribution >= 4 is 29.2 Å². The van der Waals surface area contributed by atoms with E-state index in [4.69, 9.17) is 4.74 Å². The monoisotopic (exact) mass is 306 g/mol. The van der Waals surface area contributed by atoms with Gasteiger partial charge < -0.3 is 15.4 Å². The molecule has 0 unspecified atom stereocenters. The number of carbonyl (C=O) groups excluding carboxylic acids is 3. The maximum Gasteiger partial charge on any atom is 0.306 e. The molecule has 22 heavy (non-hydrogen) atoms. The first-order valence-corrected chi connectivity index (χ1v) is 7.32. The van der Waals surface area contributed by atoms with Crippen molar-refractivity contribution in [2.75, 3.05) is 17.2 Å². The fraction of sp³-hybridized carbons (Fsp3) is 0.438. The van der Waals surface area contributed by atoms with E-state index >= 15 is 0 Å². The number of hydrogen-bond donors (Lipinski definition) is 2. The van der Waals surface area contributed by atoms with Gasteiger partial charge in [0, 0.05) is 24.2 Å². The lowest BCUT2D eigenvalue weighted by Gasteiger charge is -2.13. The maximum absolute atomic E-state index is 11.9. The molecule has 0 saturated heterocycles. The molecule has 0 bridgehead atoms. The van der Waals surface area contributed by atoms with Crippen molar-refractivity contribution in [3.8, 4) is 0 Å². The molecule has 2 amide bonds. The average molecular weight is 306 g/mol. The molecule has 0 spiro atoms. The van der Waals surface area contributed by atoms with Crippen LogP contribution in [0.2, 0.25) is 0 Å². The Bertz CT molecular complexity index is 555. The molecule has 120 valence electrons. The minimum absolute atomic E-state index is 0.0466. The van der Waals surface area contributed by atoms with Crippen LogP contribution in [0.25, 0.3) is 0 Å². The third kappa shape index (κ3) is 5.55. The summed E-state index contributed by atoms with van der Waals surface area (Å²) in [4.78, 5) is 34.5. The van der Waals surface area contributed by atoms with E-state index in [-0.39, 0.29) is 24.7 Å². The van der Waals surface area contributed by atoms with E-state index < -0.39 is 5.97 Å². The molecule has 0 heterocycles. The molecular formula is C16H22N2O4. The van der Waals surface area contributed by atoms with Gasteiger partial charge in [-0.05, 0) is 31.5 Å². The van der Waals surface area contributed by atoms with Gasteiger partial charge in [-0.3, -0.25) is 14.4 Å². The number of carbonyl (C=O) groups is 3. The zero-order valence-corrected chi connectivity index (χ0v) is 13.2. The van der Waals surface area contributed by atoms with Crippen LogP contribution in [-0.2, 0) is 19.1 Å². The van der Waals surface area contributed by atoms with Crippen LogP contribution >= 0.6 is 0 Å². The lowest BCUT2D eigenvalue weighted by atomic mass is 10.1. The molecule has 1 aromatic carbocycles. The Morgan fingerprint density at radius 1 is 1.00 bits per heavy atom. The van der Waals surface area contributed by atoms with Crippen molar-refractivity contribution < 1.29 is 19.1 Å². The standard InChI is InChI=1S/C16H22N2O4/c1-4-14(19)17-12-7-6-8-13(11(12)3)18-15(20)9-10-16(21)22-5-2/h6-8H,4-5,9-10H2,1-3H3,(H,17,19)(H,18,20). The van der Waals surface area contributed by atoms with Gasteiger partial charge in [0.25, 0.3) is 0 Å². The number of amides is 2. The summed E-state index contributed by atoms with van der Waals surface area (Å²) >= 11 is 0. The summed E-state index contributed by atoms with van der Waals surface area (Å²) in [6.07, 6.45) is 0.490. The summed E-state index contributed by atoms with van der Waals surface area (Å²) in [7, 11) is 0. The molecule has 0 atom stereocenters. The Hall–Kier alpha value is -2.37. The number of rotatable bonds is 7. The summed E-state index contributed by atoms with van der Waals surface area (Å²) in [6, 6.07) is 5.27. The molecule has 0 aliphatic heterocycles. The minimum Gasteiger partial charge on any atom is -0.466 e. The minimum atomic E-state index is -0.390. The van der Waals surface area contributed by atoms with Crippen molar-refractivity contribution in [3.63, 3.8) is 0 Å². The molecule has 2 N–H and O–H groups in total. The predicted octanol–water partition coefficient (Wildman–Crippen LogP) is 2.63. The Labute approximate surface area is 130 Å². The van der Waals surface area contributed by atoms with Crippen LogP contribution in [0.3, 0.4) is 0 Å². The second-order valence-electron chi connectivity index (χ2n) is 4.73. The first-order valence-electron chi connectivity index (χ1n) is 7.32. The predicted molar refractivity (Wildman–Crippen MR) is 84.6 cm³/mol.